The molecular weight excluding hydrogens is 1150 g/mol. The predicted octanol–water partition coefficient (Wildman–Crippen LogP) is 20.8. The van der Waals surface area contributed by atoms with Crippen molar-refractivity contribution in [2.45, 2.75) is 404 Å². The molecule has 0 aromatic rings. The van der Waals surface area contributed by atoms with Gasteiger partial charge in [-0.05, 0) is 77.0 Å². The highest BCUT2D eigenvalue weighted by molar-refractivity contribution is 5.80. The third kappa shape index (κ3) is 54.0. The number of aliphatic hydroxyl groups is 5. The fourth-order valence-corrected chi connectivity index (χ4v) is 12.0. The van der Waals surface area contributed by atoms with E-state index in [0.717, 1.165) is 116 Å². The molecule has 8 atom stereocenters. The molecule has 534 valence electrons. The Labute approximate surface area is 565 Å². The average Bonchev–Trinajstić information content (AvgIpc) is 0.875. The van der Waals surface area contributed by atoms with Gasteiger partial charge in [0, 0.05) is 6.42 Å². The number of hydrogen-bond acceptors (Lipinski definition) is 10. The molecule has 8 unspecified atom stereocenters. The molecule has 0 aliphatic carbocycles. The van der Waals surface area contributed by atoms with Crippen LogP contribution < -0.4 is 5.32 Å². The molecule has 92 heavy (non-hydrogen) atoms. The summed E-state index contributed by atoms with van der Waals surface area (Å²) in [7, 11) is 0. The van der Waals surface area contributed by atoms with Crippen LogP contribution in [0.5, 0.6) is 0 Å². The van der Waals surface area contributed by atoms with Gasteiger partial charge in [-0.2, -0.15) is 0 Å². The van der Waals surface area contributed by atoms with Crippen molar-refractivity contribution in [2.24, 2.45) is 0 Å². The van der Waals surface area contributed by atoms with Gasteiger partial charge in [0.25, 0.3) is 0 Å². The lowest BCUT2D eigenvalue weighted by Gasteiger charge is -2.41. The Hall–Kier alpha value is -3.16. The summed E-state index contributed by atoms with van der Waals surface area (Å²) in [6, 6.07) is -1.03. The van der Waals surface area contributed by atoms with Crippen LogP contribution in [0.4, 0.5) is 0 Å². The van der Waals surface area contributed by atoms with E-state index in [9.17, 15) is 35.1 Å². The minimum atomic E-state index is -1.62. The summed E-state index contributed by atoms with van der Waals surface area (Å²) in [5.74, 6) is -1.20. The van der Waals surface area contributed by atoms with E-state index in [1.54, 1.807) is 6.08 Å². The molecule has 0 saturated carbocycles. The molecule has 1 aliphatic heterocycles. The normalized spacial score (nSPS) is 18.4. The van der Waals surface area contributed by atoms with Gasteiger partial charge in [0.15, 0.2) is 12.4 Å². The van der Waals surface area contributed by atoms with Gasteiger partial charge in [-0.1, -0.05) is 356 Å². The minimum Gasteiger partial charge on any atom is -0.454 e. The standard InChI is InChI=1S/C81H145NO10/c1-4-7-10-13-16-19-22-25-27-29-31-33-35-37-39-40-42-44-46-48-50-53-56-59-62-65-68-74(85)80(89)82-72(73(84)67-64-61-58-55-52-24-21-18-15-12-9-6-3)71-90-81-79(78(88)77(87)75(70-83)91-81)92-76(86)69-66-63-60-57-54-51-49-47-45-43-41-38-36-34-32-30-28-26-23-20-17-14-11-8-5-2/h8,11,17,20,26,28,32,34,38,41,45,47,64,67,72-75,77-79,81,83-85,87-88H,4-7,9-10,12-16,18-19,21-25,27,29-31,33,35-37,39-40,42-44,46,48-63,65-66,68-71H2,1-3H3,(H,82,89)/b11-8-,20-17-,28-26-,34-32-,41-38-,47-45-,67-64+. The molecule has 0 aromatic heterocycles. The number of unbranched alkanes of at least 4 members (excludes halogenated alkanes) is 41. The second kappa shape index (κ2) is 67.8. The molecule has 1 saturated heterocycles. The van der Waals surface area contributed by atoms with Crippen molar-refractivity contribution in [3.05, 3.63) is 85.1 Å². The van der Waals surface area contributed by atoms with Crippen LogP contribution in [0.1, 0.15) is 355 Å². The first kappa shape index (κ1) is 86.9. The fourth-order valence-electron chi connectivity index (χ4n) is 12.0. The molecule has 6 N–H and O–H groups in total. The predicted molar refractivity (Wildman–Crippen MR) is 389 cm³/mol. The van der Waals surface area contributed by atoms with Crippen LogP contribution in [0, 0.1) is 0 Å². The first-order chi connectivity index (χ1) is 45.2. The number of rotatable bonds is 67. The average molecular weight is 1290 g/mol. The van der Waals surface area contributed by atoms with Crippen LogP contribution in [-0.2, 0) is 23.8 Å². The topological polar surface area (TPSA) is 175 Å². The van der Waals surface area contributed by atoms with Gasteiger partial charge < -0.3 is 45.1 Å². The van der Waals surface area contributed by atoms with Crippen molar-refractivity contribution in [1.82, 2.24) is 5.32 Å². The van der Waals surface area contributed by atoms with Crippen molar-refractivity contribution in [3.63, 3.8) is 0 Å². The molecule has 0 bridgehead atoms. The minimum absolute atomic E-state index is 0.104. The van der Waals surface area contributed by atoms with E-state index in [-0.39, 0.29) is 13.0 Å². The third-order valence-electron chi connectivity index (χ3n) is 18.1. The summed E-state index contributed by atoms with van der Waals surface area (Å²) in [6.45, 7) is 5.72. The van der Waals surface area contributed by atoms with Gasteiger partial charge in [-0.25, -0.2) is 0 Å². The van der Waals surface area contributed by atoms with E-state index in [4.69, 9.17) is 14.2 Å². The maximum Gasteiger partial charge on any atom is 0.306 e. The first-order valence-electron chi connectivity index (χ1n) is 38.9. The molecule has 11 nitrogen and oxygen atoms in total. The molecular formula is C81H145NO10. The molecule has 1 rings (SSSR count). The Bertz CT molecular complexity index is 1830. The SMILES string of the molecule is CC/C=C\C/C=C\C/C=C\C/C=C\C/C=C\C/C=C\CCCCCCCCC(=O)OC1C(OCC(NC(=O)C(O)CCCCCCCCCCCCCCCCCCCCCCCCCCCC)C(O)/C=C/CCCCCCCCCCCC)OC(CO)C(O)C1O. The number of hydrogen-bond donors (Lipinski definition) is 6. The van der Waals surface area contributed by atoms with E-state index < -0.39 is 67.4 Å². The van der Waals surface area contributed by atoms with Gasteiger partial charge in [0.1, 0.15) is 24.4 Å². The Kier molecular flexibility index (Phi) is 64.0. The van der Waals surface area contributed by atoms with E-state index in [2.05, 4.69) is 99.0 Å². The molecule has 0 spiro atoms. The van der Waals surface area contributed by atoms with E-state index in [1.165, 1.54) is 193 Å². The molecule has 11 heteroatoms. The summed E-state index contributed by atoms with van der Waals surface area (Å²) in [6.07, 6.45) is 80.6. The zero-order valence-electron chi connectivity index (χ0n) is 59.7. The number of esters is 1. The van der Waals surface area contributed by atoms with Gasteiger partial charge in [0.2, 0.25) is 5.91 Å². The number of amides is 1. The molecule has 1 fully saturated rings. The van der Waals surface area contributed by atoms with Crippen molar-refractivity contribution < 1.29 is 49.3 Å². The largest absolute Gasteiger partial charge is 0.454 e. The summed E-state index contributed by atoms with van der Waals surface area (Å²) >= 11 is 0. The van der Waals surface area contributed by atoms with Gasteiger partial charge in [-0.15, -0.1) is 0 Å². The lowest BCUT2D eigenvalue weighted by Crippen LogP contribution is -2.61. The smallest absolute Gasteiger partial charge is 0.306 e. The summed E-state index contributed by atoms with van der Waals surface area (Å²) in [5, 5.41) is 57.4. The van der Waals surface area contributed by atoms with Crippen molar-refractivity contribution in [1.29, 1.82) is 0 Å². The molecule has 1 heterocycles. The zero-order chi connectivity index (χ0) is 66.7. The Balaban J connectivity index is 2.52. The molecule has 1 aliphatic rings. The fraction of sp³-hybridized carbons (Fsp3) is 0.802. The highest BCUT2D eigenvalue weighted by Crippen LogP contribution is 2.27. The Morgan fingerprint density at radius 1 is 0.435 bits per heavy atom. The van der Waals surface area contributed by atoms with Crippen LogP contribution in [0.2, 0.25) is 0 Å². The lowest BCUT2D eigenvalue weighted by molar-refractivity contribution is -0.305. The maximum atomic E-state index is 13.5. The van der Waals surface area contributed by atoms with Crippen molar-refractivity contribution in [2.75, 3.05) is 13.2 Å². The highest BCUT2D eigenvalue weighted by Gasteiger charge is 2.47. The summed E-state index contributed by atoms with van der Waals surface area (Å²) < 4.78 is 17.7. The van der Waals surface area contributed by atoms with Gasteiger partial charge >= 0.3 is 5.97 Å². The number of allylic oxidation sites excluding steroid dienone is 13. The van der Waals surface area contributed by atoms with Crippen molar-refractivity contribution in [3.8, 4) is 0 Å². The van der Waals surface area contributed by atoms with Crippen LogP contribution in [0.15, 0.2) is 85.1 Å². The quantitative estimate of drug-likeness (QED) is 0.0195. The summed E-state index contributed by atoms with van der Waals surface area (Å²) in [4.78, 5) is 26.8. The molecule has 0 radical (unpaired) electrons. The van der Waals surface area contributed by atoms with Crippen LogP contribution in [-0.4, -0.2) is 99.6 Å². The Morgan fingerprint density at radius 3 is 1.17 bits per heavy atom. The first-order valence-corrected chi connectivity index (χ1v) is 38.9. The number of aliphatic hydroxyl groups excluding tert-OH is 5. The third-order valence-corrected chi connectivity index (χ3v) is 18.1. The van der Waals surface area contributed by atoms with Gasteiger partial charge in [-0.3, -0.25) is 9.59 Å². The molecule has 1 amide bonds. The number of nitrogens with one attached hydrogen (secondary N) is 1. The van der Waals surface area contributed by atoms with Crippen LogP contribution in [0.3, 0.4) is 0 Å². The number of ether oxygens (including phenoxy) is 3. The van der Waals surface area contributed by atoms with E-state index in [1.807, 2.05) is 6.08 Å². The second-order valence-electron chi connectivity index (χ2n) is 26.7. The lowest BCUT2D eigenvalue weighted by atomic mass is 9.99. The Morgan fingerprint density at radius 2 is 0.783 bits per heavy atom. The van der Waals surface area contributed by atoms with Gasteiger partial charge in [0.05, 0.1) is 25.4 Å². The number of carbonyl (C=O) groups is 2. The monoisotopic (exact) mass is 1290 g/mol. The van der Waals surface area contributed by atoms with Crippen LogP contribution >= 0.6 is 0 Å². The molecule has 0 aromatic carbocycles. The highest BCUT2D eigenvalue weighted by atomic mass is 16.7. The van der Waals surface area contributed by atoms with E-state index >= 15 is 0 Å². The van der Waals surface area contributed by atoms with Crippen molar-refractivity contribution >= 4 is 11.9 Å². The van der Waals surface area contributed by atoms with E-state index in [0.29, 0.717) is 19.3 Å². The van der Waals surface area contributed by atoms with Crippen LogP contribution in [0.25, 0.3) is 0 Å². The maximum absolute atomic E-state index is 13.5. The number of carbonyl (C=O) groups excluding carboxylic acids is 2. The zero-order valence-corrected chi connectivity index (χ0v) is 59.7. The second-order valence-corrected chi connectivity index (χ2v) is 26.7. The summed E-state index contributed by atoms with van der Waals surface area (Å²) in [5.41, 5.74) is 0.